The van der Waals surface area contributed by atoms with E-state index < -0.39 is 0 Å². The third-order valence-electron chi connectivity index (χ3n) is 11.1. The van der Waals surface area contributed by atoms with Crippen molar-refractivity contribution < 1.29 is 0 Å². The lowest BCUT2D eigenvalue weighted by atomic mass is 9.92. The maximum Gasteiger partial charge on any atom is 0.0547 e. The summed E-state index contributed by atoms with van der Waals surface area (Å²) in [6.45, 7) is 0. The predicted molar refractivity (Wildman–Crippen MR) is 228 cm³/mol. The van der Waals surface area contributed by atoms with Crippen LogP contribution in [0.3, 0.4) is 0 Å². The average Bonchev–Trinajstić information content (AvgIpc) is 3.51. The zero-order valence-electron chi connectivity index (χ0n) is 29.5. The maximum atomic E-state index is 2.48. The number of nitrogens with zero attached hydrogens (tertiary/aromatic N) is 2. The highest BCUT2D eigenvalue weighted by Gasteiger charge is 2.24. The van der Waals surface area contributed by atoms with Crippen LogP contribution in [0.15, 0.2) is 206 Å². The van der Waals surface area contributed by atoms with E-state index >= 15 is 0 Å². The molecule has 0 N–H and O–H groups in total. The molecule has 0 aliphatic heterocycles. The summed E-state index contributed by atoms with van der Waals surface area (Å²) in [5, 5.41) is 5.05. The van der Waals surface area contributed by atoms with Gasteiger partial charge in [0.2, 0.25) is 0 Å². The Hall–Kier alpha value is -7.16. The van der Waals surface area contributed by atoms with Gasteiger partial charge in [-0.3, -0.25) is 0 Å². The van der Waals surface area contributed by atoms with Gasteiger partial charge in [-0.05, 0) is 116 Å². The number of hydrogen-bond acceptors (Lipinski definition) is 1. The Bertz CT molecular complexity index is 2990. The molecule has 0 spiro atoms. The Morgan fingerprint density at radius 3 is 1.57 bits per heavy atom. The SMILES string of the molecule is c1ccc(-c2cc(N(c3ccccc3)c3ccccc3)cc(-n3c4ccccc4c4cc5c(cc43)-c3cccc4cccc(c34)-c3ccccc3-5)c2)cc1. The zero-order valence-corrected chi connectivity index (χ0v) is 29.5. The first-order valence-corrected chi connectivity index (χ1v) is 18.6. The maximum absolute atomic E-state index is 2.48. The van der Waals surface area contributed by atoms with Crippen molar-refractivity contribution in [2.24, 2.45) is 0 Å². The lowest BCUT2D eigenvalue weighted by Gasteiger charge is -2.27. The van der Waals surface area contributed by atoms with Crippen LogP contribution in [0.4, 0.5) is 17.1 Å². The highest BCUT2D eigenvalue weighted by Crippen LogP contribution is 2.50. The molecule has 0 amide bonds. The number of benzene rings is 9. The summed E-state index contributed by atoms with van der Waals surface area (Å²) in [6.07, 6.45) is 0. The molecule has 11 rings (SSSR count). The van der Waals surface area contributed by atoms with Crippen molar-refractivity contribution >= 4 is 49.6 Å². The summed E-state index contributed by atoms with van der Waals surface area (Å²) in [5.74, 6) is 0. The van der Waals surface area contributed by atoms with Gasteiger partial charge in [0, 0.05) is 33.5 Å². The molecule has 0 saturated carbocycles. The lowest BCUT2D eigenvalue weighted by molar-refractivity contribution is 1.17. The van der Waals surface area contributed by atoms with Crippen LogP contribution in [0.25, 0.3) is 82.8 Å². The van der Waals surface area contributed by atoms with Crippen LogP contribution in [-0.4, -0.2) is 4.57 Å². The van der Waals surface area contributed by atoms with Crippen LogP contribution in [0.1, 0.15) is 0 Å². The molecule has 10 aromatic rings. The largest absolute Gasteiger partial charge is 0.310 e. The van der Waals surface area contributed by atoms with Crippen molar-refractivity contribution in [1.29, 1.82) is 0 Å². The topological polar surface area (TPSA) is 8.17 Å². The normalized spacial score (nSPS) is 11.7. The number of aromatic nitrogens is 1. The summed E-state index contributed by atoms with van der Waals surface area (Å²) in [5.41, 5.74) is 16.8. The number of hydrogen-bond donors (Lipinski definition) is 0. The van der Waals surface area contributed by atoms with Gasteiger partial charge in [-0.2, -0.15) is 0 Å². The summed E-state index contributed by atoms with van der Waals surface area (Å²) in [4.78, 5) is 2.37. The molecule has 1 aromatic heterocycles. The fourth-order valence-corrected chi connectivity index (χ4v) is 8.73. The highest BCUT2D eigenvalue weighted by molar-refractivity contribution is 6.18. The van der Waals surface area contributed by atoms with Gasteiger partial charge in [-0.15, -0.1) is 0 Å². The molecule has 0 unspecified atom stereocenters. The van der Waals surface area contributed by atoms with Crippen molar-refractivity contribution in [3.05, 3.63) is 206 Å². The van der Waals surface area contributed by atoms with E-state index in [4.69, 9.17) is 0 Å². The van der Waals surface area contributed by atoms with Gasteiger partial charge in [0.15, 0.2) is 0 Å². The molecule has 0 atom stereocenters. The summed E-state index contributed by atoms with van der Waals surface area (Å²) < 4.78 is 2.48. The summed E-state index contributed by atoms with van der Waals surface area (Å²) >= 11 is 0. The zero-order chi connectivity index (χ0) is 35.6. The standard InChI is InChI=1S/C52H34N2/c1-4-16-35(17-5-1)37-30-40(53(38-20-6-2-7-21-38)39-22-8-3-9-23-39)32-41(31-37)54-50-29-13-12-26-44(50)49-33-47-43-25-11-10-24-42(43)45-27-14-18-36-19-15-28-46(52(36)45)48(47)34-51(49)54/h1-34H. The molecule has 0 fully saturated rings. The molecule has 1 heterocycles. The van der Waals surface area contributed by atoms with E-state index in [1.165, 1.54) is 71.5 Å². The second-order valence-corrected chi connectivity index (χ2v) is 14.1. The molecule has 1 aliphatic carbocycles. The monoisotopic (exact) mass is 686 g/mol. The van der Waals surface area contributed by atoms with Gasteiger partial charge < -0.3 is 9.47 Å². The molecule has 2 heteroatoms. The molecule has 1 aliphatic rings. The van der Waals surface area contributed by atoms with Crippen LogP contribution >= 0.6 is 0 Å². The molecule has 0 bridgehead atoms. The number of anilines is 3. The van der Waals surface area contributed by atoms with E-state index in [1.54, 1.807) is 0 Å². The molecular formula is C52H34N2. The van der Waals surface area contributed by atoms with Crippen LogP contribution in [0, 0.1) is 0 Å². The highest BCUT2D eigenvalue weighted by atomic mass is 15.1. The molecule has 54 heavy (non-hydrogen) atoms. The second kappa shape index (κ2) is 12.2. The van der Waals surface area contributed by atoms with E-state index in [0.29, 0.717) is 0 Å². The van der Waals surface area contributed by atoms with E-state index in [1.807, 2.05) is 0 Å². The quantitative estimate of drug-likeness (QED) is 0.175. The van der Waals surface area contributed by atoms with E-state index in [0.717, 1.165) is 28.3 Å². The Kier molecular flexibility index (Phi) is 6.90. The summed E-state index contributed by atoms with van der Waals surface area (Å²) in [7, 11) is 0. The van der Waals surface area contributed by atoms with Crippen molar-refractivity contribution in [3.63, 3.8) is 0 Å². The molecule has 2 nitrogen and oxygen atoms in total. The second-order valence-electron chi connectivity index (χ2n) is 14.1. The average molecular weight is 687 g/mol. The van der Waals surface area contributed by atoms with Crippen LogP contribution < -0.4 is 4.90 Å². The predicted octanol–water partition coefficient (Wildman–Crippen LogP) is 14.4. The Morgan fingerprint density at radius 2 is 0.870 bits per heavy atom. The Morgan fingerprint density at radius 1 is 0.315 bits per heavy atom. The first-order chi connectivity index (χ1) is 26.8. The molecular weight excluding hydrogens is 653 g/mol. The van der Waals surface area contributed by atoms with Gasteiger partial charge in [0.05, 0.1) is 11.0 Å². The minimum Gasteiger partial charge on any atom is -0.310 e. The van der Waals surface area contributed by atoms with Crippen LogP contribution in [-0.2, 0) is 0 Å². The van der Waals surface area contributed by atoms with Gasteiger partial charge in [0.1, 0.15) is 0 Å². The third kappa shape index (κ3) is 4.74. The van der Waals surface area contributed by atoms with Crippen molar-refractivity contribution in [1.82, 2.24) is 4.57 Å². The number of fused-ring (bicyclic) bond motifs is 8. The smallest absolute Gasteiger partial charge is 0.0547 e. The van der Waals surface area contributed by atoms with Gasteiger partial charge in [-0.25, -0.2) is 0 Å². The lowest BCUT2D eigenvalue weighted by Crippen LogP contribution is -2.10. The molecule has 252 valence electrons. The Balaban J connectivity index is 1.25. The van der Waals surface area contributed by atoms with Crippen LogP contribution in [0.5, 0.6) is 0 Å². The Labute approximate surface area is 314 Å². The van der Waals surface area contributed by atoms with Crippen molar-refractivity contribution in [3.8, 4) is 50.2 Å². The van der Waals surface area contributed by atoms with Gasteiger partial charge in [0.25, 0.3) is 0 Å². The van der Waals surface area contributed by atoms with Gasteiger partial charge >= 0.3 is 0 Å². The van der Waals surface area contributed by atoms with Crippen molar-refractivity contribution in [2.45, 2.75) is 0 Å². The van der Waals surface area contributed by atoms with Crippen molar-refractivity contribution in [2.75, 3.05) is 4.90 Å². The van der Waals surface area contributed by atoms with E-state index in [-0.39, 0.29) is 0 Å². The minimum absolute atomic E-state index is 1.09. The fourth-order valence-electron chi connectivity index (χ4n) is 8.73. The number of rotatable bonds is 5. The first kappa shape index (κ1) is 30.5. The molecule has 0 saturated heterocycles. The fraction of sp³-hybridized carbons (Fsp3) is 0. The first-order valence-electron chi connectivity index (χ1n) is 18.6. The van der Waals surface area contributed by atoms with Gasteiger partial charge in [-0.1, -0.05) is 146 Å². The third-order valence-corrected chi connectivity index (χ3v) is 11.1. The van der Waals surface area contributed by atoms with Crippen LogP contribution in [0.2, 0.25) is 0 Å². The molecule has 9 aromatic carbocycles. The summed E-state index contributed by atoms with van der Waals surface area (Å²) in [6, 6.07) is 75.3. The van der Waals surface area contributed by atoms with E-state index in [9.17, 15) is 0 Å². The van der Waals surface area contributed by atoms with E-state index in [2.05, 4.69) is 216 Å². The molecule has 0 radical (unpaired) electrons. The minimum atomic E-state index is 1.09. The number of para-hydroxylation sites is 3.